The normalized spacial score (nSPS) is 11.5. The highest BCUT2D eigenvalue weighted by Crippen LogP contribution is 2.15. The molecule has 5 nitrogen and oxygen atoms in total. The third-order valence-corrected chi connectivity index (χ3v) is 6.21. The molecule has 8 heteroatoms. The van der Waals surface area contributed by atoms with Crippen LogP contribution in [0.25, 0.3) is 0 Å². The van der Waals surface area contributed by atoms with Crippen molar-refractivity contribution >= 4 is 51.5 Å². The molecule has 0 spiro atoms. The molecule has 0 aliphatic heterocycles. The van der Waals surface area contributed by atoms with E-state index in [0.717, 1.165) is 18.8 Å². The number of nitrogens with one attached hydrogen (secondary N) is 2. The number of benzene rings is 2. The van der Waals surface area contributed by atoms with Crippen molar-refractivity contribution in [1.82, 2.24) is 10.6 Å². The van der Waals surface area contributed by atoms with Gasteiger partial charge in [0.1, 0.15) is 0 Å². The van der Waals surface area contributed by atoms with Crippen LogP contribution >= 0.6 is 35.7 Å². The summed E-state index contributed by atoms with van der Waals surface area (Å²) in [7, 11) is -3.30. The van der Waals surface area contributed by atoms with E-state index in [1.54, 1.807) is 42.1 Å². The monoisotopic (exact) mass is 519 g/mol. The summed E-state index contributed by atoms with van der Waals surface area (Å²) in [4.78, 5) is 5.94. The first-order valence-electron chi connectivity index (χ1n) is 8.59. The van der Waals surface area contributed by atoms with E-state index in [1.165, 1.54) is 4.90 Å². The number of sulfone groups is 1. The van der Waals surface area contributed by atoms with Gasteiger partial charge in [-0.3, -0.25) is 4.99 Å². The Kier molecular flexibility index (Phi) is 11.5. The van der Waals surface area contributed by atoms with Gasteiger partial charge in [0.2, 0.25) is 0 Å². The Morgan fingerprint density at radius 3 is 2.26 bits per heavy atom. The van der Waals surface area contributed by atoms with Crippen LogP contribution in [0.1, 0.15) is 6.92 Å². The zero-order valence-electron chi connectivity index (χ0n) is 15.3. The molecule has 148 valence electrons. The molecule has 0 fully saturated rings. The molecular formula is C19H26IN3O2S2. The number of nitrogens with zero attached hydrogens (tertiary/aromatic N) is 1. The van der Waals surface area contributed by atoms with Crippen molar-refractivity contribution in [2.45, 2.75) is 16.7 Å². The number of hydrogen-bond acceptors (Lipinski definition) is 4. The lowest BCUT2D eigenvalue weighted by atomic mass is 10.4. The largest absolute Gasteiger partial charge is 0.357 e. The Labute approximate surface area is 183 Å². The quantitative estimate of drug-likeness (QED) is 0.175. The Morgan fingerprint density at radius 2 is 1.63 bits per heavy atom. The van der Waals surface area contributed by atoms with Crippen molar-refractivity contribution in [2.75, 3.05) is 31.1 Å². The van der Waals surface area contributed by atoms with Crippen LogP contribution in [0.4, 0.5) is 0 Å². The first-order valence-corrected chi connectivity index (χ1v) is 11.2. The van der Waals surface area contributed by atoms with Gasteiger partial charge in [-0.25, -0.2) is 8.42 Å². The Balaban J connectivity index is 0.00000364. The van der Waals surface area contributed by atoms with Crippen LogP contribution in [-0.2, 0) is 9.84 Å². The molecule has 0 saturated carbocycles. The van der Waals surface area contributed by atoms with Gasteiger partial charge in [0.15, 0.2) is 15.8 Å². The summed E-state index contributed by atoms with van der Waals surface area (Å²) in [6.07, 6.45) is 0. The van der Waals surface area contributed by atoms with Gasteiger partial charge in [0.05, 0.1) is 17.2 Å². The number of rotatable bonds is 9. The van der Waals surface area contributed by atoms with E-state index in [1.807, 2.05) is 25.1 Å². The van der Waals surface area contributed by atoms with Crippen molar-refractivity contribution in [1.29, 1.82) is 0 Å². The van der Waals surface area contributed by atoms with Crippen LogP contribution in [-0.4, -0.2) is 45.5 Å². The fraction of sp³-hybridized carbons (Fsp3) is 0.316. The van der Waals surface area contributed by atoms with Gasteiger partial charge in [0, 0.05) is 23.7 Å². The molecule has 0 bridgehead atoms. The molecule has 0 atom stereocenters. The van der Waals surface area contributed by atoms with Gasteiger partial charge >= 0.3 is 0 Å². The maximum absolute atomic E-state index is 12.3. The van der Waals surface area contributed by atoms with E-state index in [9.17, 15) is 8.42 Å². The summed E-state index contributed by atoms with van der Waals surface area (Å²) in [6, 6.07) is 18.7. The van der Waals surface area contributed by atoms with Crippen LogP contribution in [0.5, 0.6) is 0 Å². The van der Waals surface area contributed by atoms with Crippen LogP contribution < -0.4 is 10.6 Å². The second kappa shape index (κ2) is 13.0. The van der Waals surface area contributed by atoms with E-state index in [4.69, 9.17) is 0 Å². The van der Waals surface area contributed by atoms with Crippen molar-refractivity contribution in [3.8, 4) is 0 Å². The molecule has 0 aliphatic carbocycles. The van der Waals surface area contributed by atoms with Crippen molar-refractivity contribution < 1.29 is 8.42 Å². The van der Waals surface area contributed by atoms with E-state index in [0.29, 0.717) is 10.9 Å². The predicted octanol–water partition coefficient (Wildman–Crippen LogP) is 3.43. The average Bonchev–Trinajstić information content (AvgIpc) is 2.66. The maximum atomic E-state index is 12.3. The second-order valence-electron chi connectivity index (χ2n) is 5.48. The molecule has 0 radical (unpaired) electrons. The summed E-state index contributed by atoms with van der Waals surface area (Å²) in [5.74, 6) is 1.53. The zero-order valence-corrected chi connectivity index (χ0v) is 19.3. The SMILES string of the molecule is CCNC(=NCCS(=O)(=O)c1ccccc1)NCCSc1ccccc1.I. The summed E-state index contributed by atoms with van der Waals surface area (Å²) in [5, 5.41) is 6.38. The number of aliphatic imine (C=N–C) groups is 1. The van der Waals surface area contributed by atoms with E-state index in [2.05, 4.69) is 27.8 Å². The molecule has 0 saturated heterocycles. The molecule has 27 heavy (non-hydrogen) atoms. The molecule has 0 aliphatic rings. The number of guanidine groups is 1. The lowest BCUT2D eigenvalue weighted by Crippen LogP contribution is -2.38. The fourth-order valence-electron chi connectivity index (χ4n) is 2.22. The second-order valence-corrected chi connectivity index (χ2v) is 8.76. The summed E-state index contributed by atoms with van der Waals surface area (Å²) < 4.78 is 24.6. The lowest BCUT2D eigenvalue weighted by Gasteiger charge is -2.11. The van der Waals surface area contributed by atoms with Crippen molar-refractivity contribution in [2.24, 2.45) is 4.99 Å². The number of thioether (sulfide) groups is 1. The Hall–Kier alpha value is -1.26. The minimum absolute atomic E-state index is 0. The van der Waals surface area contributed by atoms with Gasteiger partial charge in [-0.15, -0.1) is 35.7 Å². The molecule has 2 aromatic carbocycles. The minimum Gasteiger partial charge on any atom is -0.357 e. The standard InChI is InChI=1S/C19H25N3O2S2.HI/c1-2-20-19(21-13-15-25-17-9-5-3-6-10-17)22-14-16-26(23,24)18-11-7-4-8-12-18;/h3-12H,2,13-16H2,1H3,(H2,20,21,22);1H. The molecule has 0 aromatic heterocycles. The van der Waals surface area contributed by atoms with E-state index in [-0.39, 0.29) is 36.3 Å². The molecule has 2 N–H and O–H groups in total. The van der Waals surface area contributed by atoms with Gasteiger partial charge in [0.25, 0.3) is 0 Å². The average molecular weight is 519 g/mol. The molecular weight excluding hydrogens is 493 g/mol. The number of halogens is 1. The summed E-state index contributed by atoms with van der Waals surface area (Å²) in [6.45, 7) is 3.68. The third kappa shape index (κ3) is 8.98. The third-order valence-electron chi connectivity index (χ3n) is 3.48. The lowest BCUT2D eigenvalue weighted by molar-refractivity contribution is 0.596. The molecule has 0 unspecified atom stereocenters. The zero-order chi connectivity index (χ0) is 18.7. The van der Waals surface area contributed by atoms with Crippen LogP contribution in [0.3, 0.4) is 0 Å². The first-order chi connectivity index (χ1) is 12.6. The van der Waals surface area contributed by atoms with Crippen molar-refractivity contribution in [3.63, 3.8) is 0 Å². The van der Waals surface area contributed by atoms with Gasteiger partial charge in [-0.05, 0) is 31.2 Å². The van der Waals surface area contributed by atoms with E-state index < -0.39 is 9.84 Å². The highest BCUT2D eigenvalue weighted by Gasteiger charge is 2.13. The van der Waals surface area contributed by atoms with Crippen LogP contribution in [0, 0.1) is 0 Å². The maximum Gasteiger partial charge on any atom is 0.191 e. The van der Waals surface area contributed by atoms with Crippen LogP contribution in [0.15, 0.2) is 75.4 Å². The topological polar surface area (TPSA) is 70.6 Å². The first kappa shape index (κ1) is 23.8. The van der Waals surface area contributed by atoms with Gasteiger partial charge in [-0.1, -0.05) is 36.4 Å². The Morgan fingerprint density at radius 1 is 1.00 bits per heavy atom. The highest BCUT2D eigenvalue weighted by molar-refractivity contribution is 14.0. The van der Waals surface area contributed by atoms with Gasteiger partial charge < -0.3 is 10.6 Å². The van der Waals surface area contributed by atoms with Gasteiger partial charge in [-0.2, -0.15) is 0 Å². The van der Waals surface area contributed by atoms with Crippen LogP contribution in [0.2, 0.25) is 0 Å². The van der Waals surface area contributed by atoms with E-state index >= 15 is 0 Å². The highest BCUT2D eigenvalue weighted by atomic mass is 127. The molecule has 0 heterocycles. The number of hydrogen-bond donors (Lipinski definition) is 2. The molecule has 2 rings (SSSR count). The Bertz CT molecular complexity index is 785. The summed E-state index contributed by atoms with van der Waals surface area (Å²) >= 11 is 1.76. The predicted molar refractivity (Wildman–Crippen MR) is 125 cm³/mol. The molecule has 2 aromatic rings. The fourth-order valence-corrected chi connectivity index (χ4v) is 4.15. The molecule has 0 amide bonds. The summed E-state index contributed by atoms with van der Waals surface area (Å²) in [5.41, 5.74) is 0. The smallest absolute Gasteiger partial charge is 0.191 e. The minimum atomic E-state index is -3.30. The van der Waals surface area contributed by atoms with Crippen molar-refractivity contribution in [3.05, 3.63) is 60.7 Å².